The van der Waals surface area contributed by atoms with Crippen molar-refractivity contribution >= 4 is 29.0 Å². The molecule has 0 saturated carbocycles. The number of hydrogen-bond donors (Lipinski definition) is 0. The molecule has 0 unspecified atom stereocenters. The average Bonchev–Trinajstić information content (AvgIpc) is 2.75. The fourth-order valence-electron chi connectivity index (χ4n) is 0.795. The van der Waals surface area contributed by atoms with Gasteiger partial charge < -0.3 is 0 Å². The van der Waals surface area contributed by atoms with Gasteiger partial charge in [-0.3, -0.25) is 4.79 Å². The fourth-order valence-corrected chi connectivity index (χ4v) is 2.12. The van der Waals surface area contributed by atoms with E-state index in [1.165, 1.54) is 22.7 Å². The van der Waals surface area contributed by atoms with Crippen molar-refractivity contribution in [2.45, 2.75) is 0 Å². The van der Waals surface area contributed by atoms with Gasteiger partial charge in [0.15, 0.2) is 11.3 Å². The van der Waals surface area contributed by atoms with Crippen LogP contribution in [-0.2, 0) is 0 Å². The van der Waals surface area contributed by atoms with E-state index in [0.29, 0.717) is 5.01 Å². The van der Waals surface area contributed by atoms with Crippen molar-refractivity contribution in [3.8, 4) is 10.6 Å². The van der Waals surface area contributed by atoms with Crippen LogP contribution in [0.1, 0.15) is 9.80 Å². The molecule has 12 heavy (non-hydrogen) atoms. The lowest BCUT2D eigenvalue weighted by atomic mass is 10.4. The Bertz CT molecular complexity index is 380. The van der Waals surface area contributed by atoms with Gasteiger partial charge in [0.2, 0.25) is 0 Å². The Morgan fingerprint density at radius 2 is 2.33 bits per heavy atom. The SMILES string of the molecule is O=Cc1ncc(-c2cscn2)s1. The first kappa shape index (κ1) is 7.57. The van der Waals surface area contributed by atoms with Crippen LogP contribution in [-0.4, -0.2) is 16.3 Å². The first-order chi connectivity index (χ1) is 5.90. The van der Waals surface area contributed by atoms with Crippen LogP contribution >= 0.6 is 22.7 Å². The molecule has 0 aliphatic rings. The molecule has 0 aliphatic heterocycles. The zero-order valence-corrected chi connectivity index (χ0v) is 7.56. The van der Waals surface area contributed by atoms with Crippen LogP contribution in [0.4, 0.5) is 0 Å². The fraction of sp³-hybridized carbons (Fsp3) is 0. The quantitative estimate of drug-likeness (QED) is 0.691. The highest BCUT2D eigenvalue weighted by molar-refractivity contribution is 7.17. The topological polar surface area (TPSA) is 42.9 Å². The summed E-state index contributed by atoms with van der Waals surface area (Å²) < 4.78 is 0. The maximum absolute atomic E-state index is 10.3. The molecule has 0 bridgehead atoms. The Labute approximate surface area is 76.7 Å². The van der Waals surface area contributed by atoms with Crippen molar-refractivity contribution in [1.82, 2.24) is 9.97 Å². The Hall–Kier alpha value is -1.07. The summed E-state index contributed by atoms with van der Waals surface area (Å²) in [7, 11) is 0. The second-order valence-electron chi connectivity index (χ2n) is 2.05. The van der Waals surface area contributed by atoms with Crippen molar-refractivity contribution in [1.29, 1.82) is 0 Å². The maximum Gasteiger partial charge on any atom is 0.178 e. The number of nitrogens with zero attached hydrogens (tertiary/aromatic N) is 2. The summed E-state index contributed by atoms with van der Waals surface area (Å²) in [6, 6.07) is 0. The van der Waals surface area contributed by atoms with E-state index >= 15 is 0 Å². The lowest BCUT2D eigenvalue weighted by Gasteiger charge is -1.82. The number of hydrogen-bond acceptors (Lipinski definition) is 5. The normalized spacial score (nSPS) is 10.0. The van der Waals surface area contributed by atoms with Crippen molar-refractivity contribution in [2.24, 2.45) is 0 Å². The molecule has 2 rings (SSSR count). The molecule has 2 aromatic heterocycles. The molecule has 0 atom stereocenters. The number of thiazole rings is 2. The predicted octanol–water partition coefficient (Wildman–Crippen LogP) is 2.08. The molecular weight excluding hydrogens is 192 g/mol. The minimum Gasteiger partial charge on any atom is -0.295 e. The highest BCUT2D eigenvalue weighted by Crippen LogP contribution is 2.24. The molecular formula is C7H4N2OS2. The van der Waals surface area contributed by atoms with E-state index in [0.717, 1.165) is 16.9 Å². The standard InChI is InChI=1S/C7H4N2OS2/c10-2-7-8-1-6(12-7)5-3-11-4-9-5/h1-4H. The summed E-state index contributed by atoms with van der Waals surface area (Å²) >= 11 is 2.89. The molecule has 0 aliphatic carbocycles. The molecule has 3 nitrogen and oxygen atoms in total. The molecule has 0 N–H and O–H groups in total. The third-order valence-electron chi connectivity index (χ3n) is 1.31. The maximum atomic E-state index is 10.3. The third-order valence-corrected chi connectivity index (χ3v) is 2.84. The zero-order chi connectivity index (χ0) is 8.39. The molecule has 2 aromatic rings. The number of carbonyl (C=O) groups is 1. The molecule has 0 saturated heterocycles. The number of aromatic nitrogens is 2. The Kier molecular flexibility index (Phi) is 1.97. The van der Waals surface area contributed by atoms with Crippen LogP contribution < -0.4 is 0 Å². The van der Waals surface area contributed by atoms with Gasteiger partial charge in [0.05, 0.1) is 16.1 Å². The summed E-state index contributed by atoms with van der Waals surface area (Å²) in [5.74, 6) is 0. The van der Waals surface area contributed by atoms with E-state index in [1.54, 1.807) is 11.7 Å². The lowest BCUT2D eigenvalue weighted by molar-refractivity contribution is 0.112. The van der Waals surface area contributed by atoms with E-state index in [9.17, 15) is 4.79 Å². The van der Waals surface area contributed by atoms with E-state index in [4.69, 9.17) is 0 Å². The van der Waals surface area contributed by atoms with E-state index in [1.807, 2.05) is 5.38 Å². The number of aldehydes is 1. The largest absolute Gasteiger partial charge is 0.295 e. The van der Waals surface area contributed by atoms with Gasteiger partial charge in [0.25, 0.3) is 0 Å². The van der Waals surface area contributed by atoms with Crippen molar-refractivity contribution in [3.05, 3.63) is 22.1 Å². The number of carbonyl (C=O) groups excluding carboxylic acids is 1. The summed E-state index contributed by atoms with van der Waals surface area (Å²) in [5.41, 5.74) is 2.65. The van der Waals surface area contributed by atoms with Gasteiger partial charge in [-0.25, -0.2) is 9.97 Å². The van der Waals surface area contributed by atoms with Gasteiger partial charge in [-0.1, -0.05) is 0 Å². The van der Waals surface area contributed by atoms with Crippen LogP contribution in [0.15, 0.2) is 17.1 Å². The summed E-state index contributed by atoms with van der Waals surface area (Å²) in [4.78, 5) is 19.3. The Morgan fingerprint density at radius 3 is 2.92 bits per heavy atom. The smallest absolute Gasteiger partial charge is 0.178 e. The summed E-state index contributed by atoms with van der Waals surface area (Å²) in [5, 5.41) is 2.43. The van der Waals surface area contributed by atoms with Gasteiger partial charge in [-0.2, -0.15) is 0 Å². The second kappa shape index (κ2) is 3.12. The van der Waals surface area contributed by atoms with Crippen LogP contribution in [0.3, 0.4) is 0 Å². The monoisotopic (exact) mass is 196 g/mol. The minimum atomic E-state index is 0.498. The predicted molar refractivity (Wildman–Crippen MR) is 48.6 cm³/mol. The summed E-state index contributed by atoms with van der Waals surface area (Å²) in [6.07, 6.45) is 2.42. The van der Waals surface area contributed by atoms with Gasteiger partial charge in [-0.15, -0.1) is 22.7 Å². The molecule has 2 heterocycles. The first-order valence-corrected chi connectivity index (χ1v) is 4.95. The van der Waals surface area contributed by atoms with E-state index in [-0.39, 0.29) is 0 Å². The van der Waals surface area contributed by atoms with E-state index < -0.39 is 0 Å². The molecule has 0 amide bonds. The van der Waals surface area contributed by atoms with Crippen LogP contribution in [0.5, 0.6) is 0 Å². The van der Waals surface area contributed by atoms with Gasteiger partial charge >= 0.3 is 0 Å². The van der Waals surface area contributed by atoms with Crippen molar-refractivity contribution in [2.75, 3.05) is 0 Å². The third kappa shape index (κ3) is 1.28. The Morgan fingerprint density at radius 1 is 1.42 bits per heavy atom. The molecule has 0 radical (unpaired) electrons. The van der Waals surface area contributed by atoms with Gasteiger partial charge in [-0.05, 0) is 0 Å². The van der Waals surface area contributed by atoms with Crippen LogP contribution in [0.25, 0.3) is 10.6 Å². The van der Waals surface area contributed by atoms with Crippen molar-refractivity contribution in [3.63, 3.8) is 0 Å². The average molecular weight is 196 g/mol. The Balaban J connectivity index is 2.41. The highest BCUT2D eigenvalue weighted by atomic mass is 32.1. The van der Waals surface area contributed by atoms with Gasteiger partial charge in [0, 0.05) is 11.6 Å². The zero-order valence-electron chi connectivity index (χ0n) is 5.93. The van der Waals surface area contributed by atoms with E-state index in [2.05, 4.69) is 9.97 Å². The van der Waals surface area contributed by atoms with Crippen molar-refractivity contribution < 1.29 is 4.79 Å². The van der Waals surface area contributed by atoms with Gasteiger partial charge in [0.1, 0.15) is 0 Å². The second-order valence-corrected chi connectivity index (χ2v) is 3.84. The molecule has 60 valence electrons. The summed E-state index contributed by atoms with van der Waals surface area (Å²) in [6.45, 7) is 0. The van der Waals surface area contributed by atoms with Crippen LogP contribution in [0, 0.1) is 0 Å². The first-order valence-electron chi connectivity index (χ1n) is 3.19. The minimum absolute atomic E-state index is 0.498. The number of rotatable bonds is 2. The van der Waals surface area contributed by atoms with Crippen LogP contribution in [0.2, 0.25) is 0 Å². The molecule has 5 heteroatoms. The molecule has 0 fully saturated rings. The molecule has 0 aromatic carbocycles. The molecule has 0 spiro atoms. The lowest BCUT2D eigenvalue weighted by Crippen LogP contribution is -1.69. The highest BCUT2D eigenvalue weighted by Gasteiger charge is 2.04.